The first-order valence-corrected chi connectivity index (χ1v) is 9.29. The Kier molecular flexibility index (Phi) is 5.79. The second kappa shape index (κ2) is 7.38. The van der Waals surface area contributed by atoms with E-state index in [2.05, 4.69) is 23.5 Å². The number of nitrogens with two attached hydrogens (primary N) is 1. The zero-order valence-corrected chi connectivity index (χ0v) is 13.8. The largest absolute Gasteiger partial charge is 0.320 e. The van der Waals surface area contributed by atoms with Crippen LogP contribution in [0.2, 0.25) is 0 Å². The maximum Gasteiger partial charge on any atom is 0.279 e. The van der Waals surface area contributed by atoms with Gasteiger partial charge in [0.15, 0.2) is 0 Å². The Morgan fingerprint density at radius 3 is 2.81 bits per heavy atom. The first-order chi connectivity index (χ1) is 10.0. The van der Waals surface area contributed by atoms with Crippen molar-refractivity contribution in [3.63, 3.8) is 0 Å². The molecule has 1 fully saturated rings. The Morgan fingerprint density at radius 1 is 1.43 bits per heavy atom. The minimum absolute atomic E-state index is 0.309. The molecule has 21 heavy (non-hydrogen) atoms. The van der Waals surface area contributed by atoms with E-state index in [1.807, 2.05) is 12.1 Å². The highest BCUT2D eigenvalue weighted by Crippen LogP contribution is 2.19. The standard InChI is InChI=1S/C14H21N3O2S2/c1-12-6-9-17(10-7-12)21(18,19)16-11-14-5-4-13(20-14)3-2-8-15/h4-5,12,16H,6-11,15H2,1H3. The highest BCUT2D eigenvalue weighted by atomic mass is 32.2. The smallest absolute Gasteiger partial charge is 0.279 e. The molecule has 1 aromatic rings. The zero-order valence-electron chi connectivity index (χ0n) is 12.1. The zero-order chi connectivity index (χ0) is 15.3. The van der Waals surface area contributed by atoms with E-state index in [4.69, 9.17) is 5.73 Å². The third-order valence-corrected chi connectivity index (χ3v) is 6.04. The summed E-state index contributed by atoms with van der Waals surface area (Å²) in [5, 5.41) is 0. The van der Waals surface area contributed by atoms with Gasteiger partial charge in [-0.1, -0.05) is 18.8 Å². The molecule has 2 rings (SSSR count). The maximum absolute atomic E-state index is 12.2. The van der Waals surface area contributed by atoms with Crippen LogP contribution in [0, 0.1) is 17.8 Å². The highest BCUT2D eigenvalue weighted by molar-refractivity contribution is 7.87. The molecule has 1 aliphatic rings. The summed E-state index contributed by atoms with van der Waals surface area (Å²) < 4.78 is 28.6. The summed E-state index contributed by atoms with van der Waals surface area (Å²) in [5.74, 6) is 6.34. The number of piperidine rings is 1. The summed E-state index contributed by atoms with van der Waals surface area (Å²) in [7, 11) is -3.38. The second-order valence-electron chi connectivity index (χ2n) is 5.18. The van der Waals surface area contributed by atoms with E-state index < -0.39 is 10.2 Å². The van der Waals surface area contributed by atoms with Crippen molar-refractivity contribution in [2.24, 2.45) is 11.7 Å². The first kappa shape index (κ1) is 16.5. The van der Waals surface area contributed by atoms with Crippen molar-refractivity contribution in [1.82, 2.24) is 9.03 Å². The topological polar surface area (TPSA) is 75.4 Å². The molecule has 0 bridgehead atoms. The van der Waals surface area contributed by atoms with E-state index in [1.165, 1.54) is 15.6 Å². The number of nitrogens with zero attached hydrogens (tertiary/aromatic N) is 1. The molecule has 5 nitrogen and oxygen atoms in total. The van der Waals surface area contributed by atoms with Crippen molar-refractivity contribution in [3.8, 4) is 11.8 Å². The molecule has 116 valence electrons. The Morgan fingerprint density at radius 2 is 2.14 bits per heavy atom. The molecule has 0 spiro atoms. The van der Waals surface area contributed by atoms with Crippen LogP contribution in [0.25, 0.3) is 0 Å². The van der Waals surface area contributed by atoms with Crippen molar-refractivity contribution in [2.45, 2.75) is 26.3 Å². The quantitative estimate of drug-likeness (QED) is 0.814. The normalized spacial score (nSPS) is 17.4. The molecular weight excluding hydrogens is 306 g/mol. The number of hydrogen-bond donors (Lipinski definition) is 2. The van der Waals surface area contributed by atoms with Crippen LogP contribution >= 0.6 is 11.3 Å². The summed E-state index contributed by atoms with van der Waals surface area (Å²) in [4.78, 5) is 1.85. The van der Waals surface area contributed by atoms with Crippen LogP contribution in [0.15, 0.2) is 12.1 Å². The van der Waals surface area contributed by atoms with E-state index in [1.54, 1.807) is 0 Å². The molecule has 0 amide bonds. The molecule has 0 radical (unpaired) electrons. The van der Waals surface area contributed by atoms with Crippen LogP contribution in [0.1, 0.15) is 29.5 Å². The number of rotatable bonds is 4. The maximum atomic E-state index is 12.2. The van der Waals surface area contributed by atoms with Crippen LogP contribution in [0.5, 0.6) is 0 Å². The summed E-state index contributed by atoms with van der Waals surface area (Å²) in [6, 6.07) is 3.78. The van der Waals surface area contributed by atoms with E-state index in [0.29, 0.717) is 32.1 Å². The van der Waals surface area contributed by atoms with Gasteiger partial charge < -0.3 is 5.73 Å². The first-order valence-electron chi connectivity index (χ1n) is 7.03. The van der Waals surface area contributed by atoms with Gasteiger partial charge in [0, 0.05) is 24.5 Å². The van der Waals surface area contributed by atoms with Crippen LogP contribution in [-0.4, -0.2) is 32.4 Å². The van der Waals surface area contributed by atoms with Crippen molar-refractivity contribution < 1.29 is 8.42 Å². The molecule has 3 N–H and O–H groups in total. The Balaban J connectivity index is 1.91. The highest BCUT2D eigenvalue weighted by Gasteiger charge is 2.25. The minimum Gasteiger partial charge on any atom is -0.320 e. The summed E-state index contributed by atoms with van der Waals surface area (Å²) in [6.45, 7) is 4.01. The lowest BCUT2D eigenvalue weighted by Crippen LogP contribution is -2.44. The van der Waals surface area contributed by atoms with Crippen LogP contribution in [-0.2, 0) is 16.8 Å². The van der Waals surface area contributed by atoms with E-state index >= 15 is 0 Å². The molecule has 0 unspecified atom stereocenters. The van der Waals surface area contributed by atoms with Gasteiger partial charge in [-0.15, -0.1) is 11.3 Å². The molecule has 0 aromatic carbocycles. The second-order valence-corrected chi connectivity index (χ2v) is 8.10. The van der Waals surface area contributed by atoms with Gasteiger partial charge in [0.05, 0.1) is 11.4 Å². The van der Waals surface area contributed by atoms with Crippen molar-refractivity contribution in [3.05, 3.63) is 21.9 Å². The summed E-state index contributed by atoms with van der Waals surface area (Å²) in [5.41, 5.74) is 5.33. The van der Waals surface area contributed by atoms with Crippen LogP contribution in [0.4, 0.5) is 0 Å². The lowest BCUT2D eigenvalue weighted by atomic mass is 10.0. The van der Waals surface area contributed by atoms with Gasteiger partial charge in [0.25, 0.3) is 10.2 Å². The molecule has 7 heteroatoms. The third kappa shape index (κ3) is 4.80. The van der Waals surface area contributed by atoms with E-state index in [-0.39, 0.29) is 0 Å². The predicted molar refractivity (Wildman–Crippen MR) is 86.0 cm³/mol. The van der Waals surface area contributed by atoms with Crippen molar-refractivity contribution >= 4 is 21.5 Å². The van der Waals surface area contributed by atoms with E-state index in [9.17, 15) is 8.42 Å². The fourth-order valence-corrected chi connectivity index (χ4v) is 4.28. The number of hydrogen-bond acceptors (Lipinski definition) is 4. The van der Waals surface area contributed by atoms with Gasteiger partial charge in [0.1, 0.15) is 0 Å². The van der Waals surface area contributed by atoms with Gasteiger partial charge >= 0.3 is 0 Å². The molecule has 0 saturated carbocycles. The summed E-state index contributed by atoms with van der Waals surface area (Å²) in [6.07, 6.45) is 1.86. The molecule has 1 aliphatic heterocycles. The number of nitrogens with one attached hydrogen (secondary N) is 1. The molecule has 0 aliphatic carbocycles. The fourth-order valence-electron chi connectivity index (χ4n) is 2.16. The van der Waals surface area contributed by atoms with Crippen molar-refractivity contribution in [1.29, 1.82) is 0 Å². The fraction of sp³-hybridized carbons (Fsp3) is 0.571. The molecular formula is C14H21N3O2S2. The van der Waals surface area contributed by atoms with Gasteiger partial charge in [-0.25, -0.2) is 0 Å². The molecule has 1 aromatic heterocycles. The molecule has 1 saturated heterocycles. The van der Waals surface area contributed by atoms with Crippen LogP contribution < -0.4 is 10.5 Å². The Hall–Kier alpha value is -0.910. The minimum atomic E-state index is -3.38. The Labute approximate surface area is 130 Å². The Bertz CT molecular complexity index is 620. The SMILES string of the molecule is CC1CCN(S(=O)(=O)NCc2ccc(C#CCN)s2)CC1. The lowest BCUT2D eigenvalue weighted by molar-refractivity contribution is 0.285. The molecule has 2 heterocycles. The number of thiophene rings is 1. The average Bonchev–Trinajstić information content (AvgIpc) is 2.91. The van der Waals surface area contributed by atoms with Gasteiger partial charge in [-0.3, -0.25) is 0 Å². The van der Waals surface area contributed by atoms with Crippen LogP contribution in [0.3, 0.4) is 0 Å². The predicted octanol–water partition coefficient (Wildman–Crippen LogP) is 1.12. The molecule has 0 atom stereocenters. The van der Waals surface area contributed by atoms with E-state index in [0.717, 1.165) is 22.6 Å². The summed E-state index contributed by atoms with van der Waals surface area (Å²) >= 11 is 1.49. The van der Waals surface area contributed by atoms with Gasteiger partial charge in [-0.05, 0) is 30.9 Å². The van der Waals surface area contributed by atoms with Gasteiger partial charge in [-0.2, -0.15) is 17.4 Å². The third-order valence-electron chi connectivity index (χ3n) is 3.49. The van der Waals surface area contributed by atoms with Gasteiger partial charge in [0.2, 0.25) is 0 Å². The van der Waals surface area contributed by atoms with Crippen molar-refractivity contribution in [2.75, 3.05) is 19.6 Å². The average molecular weight is 327 g/mol. The monoisotopic (exact) mass is 327 g/mol. The lowest BCUT2D eigenvalue weighted by Gasteiger charge is -2.29.